The number of carbonyl (C=O) groups is 2. The molecular formula is C28H40N4O5S. The van der Waals surface area contributed by atoms with Crippen molar-refractivity contribution in [3.05, 3.63) is 47.8 Å². The van der Waals surface area contributed by atoms with Crippen molar-refractivity contribution in [1.29, 1.82) is 0 Å². The van der Waals surface area contributed by atoms with Crippen LogP contribution in [0.3, 0.4) is 0 Å². The van der Waals surface area contributed by atoms with Crippen LogP contribution in [0.5, 0.6) is 5.75 Å². The van der Waals surface area contributed by atoms with Gasteiger partial charge in [-0.15, -0.1) is 0 Å². The van der Waals surface area contributed by atoms with E-state index in [2.05, 4.69) is 9.88 Å². The third kappa shape index (κ3) is 7.11. The van der Waals surface area contributed by atoms with Gasteiger partial charge in [0.1, 0.15) is 11.5 Å². The second-order valence-corrected chi connectivity index (χ2v) is 12.3. The van der Waals surface area contributed by atoms with Crippen LogP contribution < -0.4 is 9.64 Å². The number of aromatic nitrogens is 1. The van der Waals surface area contributed by atoms with Crippen LogP contribution >= 0.6 is 0 Å². The van der Waals surface area contributed by atoms with Gasteiger partial charge in [0.2, 0.25) is 15.9 Å². The first-order valence-electron chi connectivity index (χ1n) is 13.0. The molecule has 0 bridgehead atoms. The largest absolute Gasteiger partial charge is 0.497 e. The second-order valence-electron chi connectivity index (χ2n) is 10.3. The number of benzene rings is 1. The third-order valence-corrected chi connectivity index (χ3v) is 9.35. The van der Waals surface area contributed by atoms with Gasteiger partial charge in [-0.25, -0.2) is 8.42 Å². The van der Waals surface area contributed by atoms with Crippen LogP contribution in [0.15, 0.2) is 41.6 Å². The van der Waals surface area contributed by atoms with Crippen molar-refractivity contribution < 1.29 is 22.7 Å². The molecule has 1 atom stereocenters. The first-order chi connectivity index (χ1) is 17.9. The van der Waals surface area contributed by atoms with Crippen molar-refractivity contribution in [3.8, 4) is 5.75 Å². The molecule has 2 heterocycles. The zero-order chi connectivity index (χ0) is 28.0. The lowest BCUT2D eigenvalue weighted by Crippen LogP contribution is -2.41. The number of hydrogen-bond acceptors (Lipinski definition) is 7. The molecule has 0 N–H and O–H groups in total. The number of carbonyl (C=O) groups excluding carboxylic acids is 2. The van der Waals surface area contributed by atoms with E-state index in [1.807, 2.05) is 12.1 Å². The molecule has 0 spiro atoms. The lowest BCUT2D eigenvalue weighted by molar-refractivity contribution is -0.136. The summed E-state index contributed by atoms with van der Waals surface area (Å²) in [6, 6.07) is 7.34. The zero-order valence-corrected chi connectivity index (χ0v) is 24.1. The fraction of sp³-hybridized carbons (Fsp3) is 0.536. The van der Waals surface area contributed by atoms with Gasteiger partial charge in [0, 0.05) is 64.1 Å². The Balaban J connectivity index is 1.51. The van der Waals surface area contributed by atoms with Crippen molar-refractivity contribution in [2.75, 3.05) is 52.3 Å². The highest BCUT2D eigenvalue weighted by atomic mass is 32.2. The van der Waals surface area contributed by atoms with E-state index in [0.29, 0.717) is 29.3 Å². The summed E-state index contributed by atoms with van der Waals surface area (Å²) in [6.45, 7) is 7.36. The van der Waals surface area contributed by atoms with Crippen molar-refractivity contribution in [2.24, 2.45) is 11.8 Å². The Bertz CT molecular complexity index is 1200. The molecule has 1 aliphatic rings. The van der Waals surface area contributed by atoms with Gasteiger partial charge in [0.25, 0.3) is 0 Å². The molecule has 10 heteroatoms. The second kappa shape index (κ2) is 12.7. The van der Waals surface area contributed by atoms with Gasteiger partial charge in [-0.3, -0.25) is 14.6 Å². The topological polar surface area (TPSA) is 100 Å². The number of sulfonamides is 1. The molecule has 1 fully saturated rings. The lowest BCUT2D eigenvalue weighted by Gasteiger charge is -2.35. The summed E-state index contributed by atoms with van der Waals surface area (Å²) < 4.78 is 32.7. The number of hydrogen-bond donors (Lipinski definition) is 0. The summed E-state index contributed by atoms with van der Waals surface area (Å²) in [5, 5.41) is 0. The molecule has 1 amide bonds. The predicted octanol–water partition coefficient (Wildman–Crippen LogP) is 3.30. The number of aryl methyl sites for hydroxylation is 2. The maximum atomic E-state index is 13.2. The Morgan fingerprint density at radius 1 is 1.11 bits per heavy atom. The fourth-order valence-electron chi connectivity index (χ4n) is 5.20. The van der Waals surface area contributed by atoms with Crippen LogP contribution in [0, 0.1) is 25.7 Å². The van der Waals surface area contributed by atoms with E-state index in [4.69, 9.17) is 4.74 Å². The van der Waals surface area contributed by atoms with Crippen LogP contribution in [-0.2, 0) is 19.6 Å². The number of ketones is 1. The number of nitrogens with zero attached hydrogens (tertiary/aromatic N) is 4. The van der Waals surface area contributed by atoms with Gasteiger partial charge in [-0.1, -0.05) is 6.92 Å². The van der Waals surface area contributed by atoms with Gasteiger partial charge in [0.15, 0.2) is 0 Å². The molecule has 0 radical (unpaired) electrons. The SMILES string of the molecule is COc1cc(C)c(S(=O)(=O)N(C)CC(=O)CC(C)C(=O)N(C)CC2CCN(c3ccncc3)CC2)c(C)c1. The molecule has 1 aliphatic heterocycles. The molecule has 2 aromatic rings. The zero-order valence-electron chi connectivity index (χ0n) is 23.3. The van der Waals surface area contributed by atoms with Crippen molar-refractivity contribution in [1.82, 2.24) is 14.2 Å². The molecule has 3 rings (SSSR count). The maximum Gasteiger partial charge on any atom is 0.243 e. The van der Waals surface area contributed by atoms with E-state index < -0.39 is 15.9 Å². The normalized spacial score (nSPS) is 15.4. The van der Waals surface area contributed by atoms with Crippen LogP contribution in [0.2, 0.25) is 0 Å². The van der Waals surface area contributed by atoms with E-state index in [1.165, 1.54) is 19.8 Å². The average molecular weight is 545 g/mol. The minimum Gasteiger partial charge on any atom is -0.497 e. The average Bonchev–Trinajstić information content (AvgIpc) is 2.88. The number of pyridine rings is 1. The summed E-state index contributed by atoms with van der Waals surface area (Å²) in [5.74, 6) is 0.0673. The molecule has 208 valence electrons. The molecule has 0 saturated carbocycles. The molecule has 38 heavy (non-hydrogen) atoms. The minimum absolute atomic E-state index is 0.00982. The number of Topliss-reactive ketones (excluding diaryl/α,β-unsaturated/α-hetero) is 1. The predicted molar refractivity (Wildman–Crippen MR) is 148 cm³/mol. The molecular weight excluding hydrogens is 504 g/mol. The van der Waals surface area contributed by atoms with Crippen molar-refractivity contribution >= 4 is 27.4 Å². The quantitative estimate of drug-likeness (QED) is 0.428. The fourth-order valence-corrected chi connectivity index (χ4v) is 6.76. The first kappa shape index (κ1) is 29.6. The molecule has 1 aromatic heterocycles. The molecule has 1 aromatic carbocycles. The number of likely N-dealkylation sites (N-methyl/N-ethyl adjacent to an activating group) is 1. The van der Waals surface area contributed by atoms with E-state index in [-0.39, 0.29) is 29.6 Å². The van der Waals surface area contributed by atoms with Crippen LogP contribution in [0.1, 0.15) is 37.3 Å². The number of anilines is 1. The van der Waals surface area contributed by atoms with Gasteiger partial charge < -0.3 is 14.5 Å². The van der Waals surface area contributed by atoms with Crippen LogP contribution in [-0.4, -0.2) is 81.7 Å². The summed E-state index contributed by atoms with van der Waals surface area (Å²) in [4.78, 5) is 34.1. The van der Waals surface area contributed by atoms with E-state index in [1.54, 1.807) is 57.2 Å². The van der Waals surface area contributed by atoms with Crippen molar-refractivity contribution in [2.45, 2.75) is 44.9 Å². The van der Waals surface area contributed by atoms with E-state index >= 15 is 0 Å². The molecule has 0 aliphatic carbocycles. The number of piperidine rings is 1. The van der Waals surface area contributed by atoms with Gasteiger partial charge >= 0.3 is 0 Å². The highest BCUT2D eigenvalue weighted by Gasteiger charge is 2.29. The van der Waals surface area contributed by atoms with Gasteiger partial charge in [-0.05, 0) is 68.0 Å². The van der Waals surface area contributed by atoms with E-state index in [0.717, 1.165) is 30.2 Å². The summed E-state index contributed by atoms with van der Waals surface area (Å²) >= 11 is 0. The maximum absolute atomic E-state index is 13.2. The standard InChI is InChI=1S/C28H40N4O5S/c1-20-16-26(37-6)17-21(2)27(20)38(35,36)31(5)19-25(33)15-22(3)28(34)30(4)18-23-9-13-32(14-10-23)24-7-11-29-12-8-24/h7-8,11-12,16-17,22-23H,9-10,13-15,18-19H2,1-6H3. The third-order valence-electron chi connectivity index (χ3n) is 7.24. The number of ether oxygens (including phenoxy) is 1. The van der Waals surface area contributed by atoms with Crippen LogP contribution in [0.25, 0.3) is 0 Å². The lowest BCUT2D eigenvalue weighted by atomic mass is 9.95. The Hall–Kier alpha value is -2.98. The Kier molecular flexibility index (Phi) is 9.89. The first-order valence-corrected chi connectivity index (χ1v) is 14.4. The highest BCUT2D eigenvalue weighted by molar-refractivity contribution is 7.89. The Labute approximate surface area is 226 Å². The number of rotatable bonds is 11. The summed E-state index contributed by atoms with van der Waals surface area (Å²) in [7, 11) is 0.823. The highest BCUT2D eigenvalue weighted by Crippen LogP contribution is 2.28. The minimum atomic E-state index is -3.88. The summed E-state index contributed by atoms with van der Waals surface area (Å²) in [5.41, 5.74) is 2.27. The molecule has 9 nitrogen and oxygen atoms in total. The summed E-state index contributed by atoms with van der Waals surface area (Å²) in [6.07, 6.45) is 5.56. The number of methoxy groups -OCH3 is 1. The van der Waals surface area contributed by atoms with Crippen molar-refractivity contribution in [3.63, 3.8) is 0 Å². The smallest absolute Gasteiger partial charge is 0.243 e. The Morgan fingerprint density at radius 2 is 1.68 bits per heavy atom. The van der Waals surface area contributed by atoms with Gasteiger partial charge in [-0.2, -0.15) is 4.31 Å². The number of amides is 1. The molecule has 1 saturated heterocycles. The molecule has 1 unspecified atom stereocenters. The van der Waals surface area contributed by atoms with Crippen LogP contribution in [0.4, 0.5) is 5.69 Å². The monoisotopic (exact) mass is 544 g/mol. The Morgan fingerprint density at radius 3 is 2.24 bits per heavy atom. The van der Waals surface area contributed by atoms with E-state index in [9.17, 15) is 18.0 Å². The van der Waals surface area contributed by atoms with Gasteiger partial charge in [0.05, 0.1) is 18.6 Å².